The Morgan fingerprint density at radius 2 is 1.55 bits per heavy atom. The number of benzene rings is 3. The number of hydrogen-bond donors (Lipinski definition) is 1. The normalized spacial score (nSPS) is 12.2. The molecular weight excluding hydrogens is 569 g/mol. The zero-order chi connectivity index (χ0) is 29.4. The molecular formula is C30H35Cl2N3O4S. The van der Waals surface area contributed by atoms with Gasteiger partial charge in [0.2, 0.25) is 21.8 Å². The second-order valence-electron chi connectivity index (χ2n) is 10.2. The van der Waals surface area contributed by atoms with Gasteiger partial charge < -0.3 is 10.2 Å². The molecule has 2 amide bonds. The van der Waals surface area contributed by atoms with Crippen molar-refractivity contribution in [1.82, 2.24) is 10.2 Å². The van der Waals surface area contributed by atoms with Crippen molar-refractivity contribution >= 4 is 50.7 Å². The van der Waals surface area contributed by atoms with E-state index in [-0.39, 0.29) is 24.8 Å². The lowest BCUT2D eigenvalue weighted by Gasteiger charge is -2.34. The number of carbonyl (C=O) groups excluding carboxylic acids is 2. The summed E-state index contributed by atoms with van der Waals surface area (Å²) in [6, 6.07) is 20.3. The minimum atomic E-state index is -3.85. The molecule has 0 aliphatic carbocycles. The molecule has 7 nitrogen and oxygen atoms in total. The molecule has 40 heavy (non-hydrogen) atoms. The molecule has 214 valence electrons. The molecule has 0 aromatic heterocycles. The van der Waals surface area contributed by atoms with Crippen molar-refractivity contribution in [1.29, 1.82) is 0 Å². The molecule has 0 spiro atoms. The van der Waals surface area contributed by atoms with Crippen molar-refractivity contribution in [2.24, 2.45) is 5.92 Å². The monoisotopic (exact) mass is 603 g/mol. The van der Waals surface area contributed by atoms with E-state index in [9.17, 15) is 18.0 Å². The molecule has 10 heteroatoms. The number of rotatable bonds is 12. The zero-order valence-electron chi connectivity index (χ0n) is 23.1. The quantitative estimate of drug-likeness (QED) is 0.297. The Morgan fingerprint density at radius 3 is 2.12 bits per heavy atom. The van der Waals surface area contributed by atoms with E-state index in [1.54, 1.807) is 36.4 Å². The number of anilines is 1. The summed E-state index contributed by atoms with van der Waals surface area (Å²) in [7, 11) is -3.85. The number of sulfonamides is 1. The fourth-order valence-electron chi connectivity index (χ4n) is 4.23. The maximum absolute atomic E-state index is 14.1. The topological polar surface area (TPSA) is 86.8 Å². The van der Waals surface area contributed by atoms with Gasteiger partial charge in [0.15, 0.2) is 0 Å². The molecule has 0 heterocycles. The molecule has 0 saturated heterocycles. The van der Waals surface area contributed by atoms with Gasteiger partial charge in [0.05, 0.1) is 11.9 Å². The summed E-state index contributed by atoms with van der Waals surface area (Å²) in [5, 5.41) is 3.62. The van der Waals surface area contributed by atoms with Crippen LogP contribution in [-0.4, -0.2) is 50.5 Å². The molecule has 0 fully saturated rings. The van der Waals surface area contributed by atoms with Gasteiger partial charge in [0.1, 0.15) is 12.6 Å². The molecule has 0 saturated carbocycles. The fraction of sp³-hybridized carbons (Fsp3) is 0.333. The minimum Gasteiger partial charge on any atom is -0.354 e. The first kappa shape index (κ1) is 31.5. The third-order valence-corrected chi connectivity index (χ3v) is 8.16. The molecule has 0 aliphatic heterocycles. The second-order valence-corrected chi connectivity index (χ2v) is 12.9. The number of carbonyl (C=O) groups is 2. The van der Waals surface area contributed by atoms with E-state index in [1.165, 1.54) is 4.90 Å². The lowest BCUT2D eigenvalue weighted by Crippen LogP contribution is -2.53. The van der Waals surface area contributed by atoms with Gasteiger partial charge in [-0.1, -0.05) is 85.6 Å². The van der Waals surface area contributed by atoms with Gasteiger partial charge in [0, 0.05) is 35.1 Å². The molecule has 1 atom stereocenters. The Bertz CT molecular complexity index is 1410. The molecule has 1 N–H and O–H groups in total. The number of hydrogen-bond acceptors (Lipinski definition) is 4. The lowest BCUT2D eigenvalue weighted by atomic mass is 10.0. The Kier molecular flexibility index (Phi) is 11.0. The van der Waals surface area contributed by atoms with E-state index in [0.717, 1.165) is 21.7 Å². The smallest absolute Gasteiger partial charge is 0.244 e. The molecule has 3 aromatic rings. The predicted molar refractivity (Wildman–Crippen MR) is 162 cm³/mol. The van der Waals surface area contributed by atoms with Crippen molar-refractivity contribution < 1.29 is 18.0 Å². The number of aryl methyl sites for hydroxylation is 1. The average molecular weight is 605 g/mol. The van der Waals surface area contributed by atoms with Crippen LogP contribution in [0.1, 0.15) is 30.5 Å². The summed E-state index contributed by atoms with van der Waals surface area (Å²) in [4.78, 5) is 29.1. The van der Waals surface area contributed by atoms with Crippen molar-refractivity contribution in [2.45, 2.75) is 39.8 Å². The SMILES string of the molecule is Cc1cccc(N(CC(=O)N(Cc2c(Cl)cccc2Cl)[C@@H](Cc2ccccc2)C(=O)NCC(C)C)S(C)(=O)=O)c1. The van der Waals surface area contributed by atoms with Gasteiger partial charge in [-0.05, 0) is 48.2 Å². The van der Waals surface area contributed by atoms with E-state index in [4.69, 9.17) is 23.2 Å². The molecule has 3 rings (SSSR count). The first-order chi connectivity index (χ1) is 18.9. The van der Waals surface area contributed by atoms with Crippen LogP contribution in [0.5, 0.6) is 0 Å². The highest BCUT2D eigenvalue weighted by atomic mass is 35.5. The van der Waals surface area contributed by atoms with Crippen LogP contribution >= 0.6 is 23.2 Å². The van der Waals surface area contributed by atoms with Crippen molar-refractivity contribution in [3.63, 3.8) is 0 Å². The van der Waals surface area contributed by atoms with E-state index in [2.05, 4.69) is 5.32 Å². The molecule has 0 radical (unpaired) electrons. The fourth-order valence-corrected chi connectivity index (χ4v) is 5.59. The van der Waals surface area contributed by atoms with Crippen LogP contribution in [0.15, 0.2) is 72.8 Å². The van der Waals surface area contributed by atoms with Gasteiger partial charge in [0.25, 0.3) is 0 Å². The molecule has 0 bridgehead atoms. The van der Waals surface area contributed by atoms with Crippen LogP contribution < -0.4 is 9.62 Å². The summed E-state index contributed by atoms with van der Waals surface area (Å²) in [5.41, 5.74) is 2.51. The van der Waals surface area contributed by atoms with Gasteiger partial charge in [-0.2, -0.15) is 0 Å². The Balaban J connectivity index is 2.09. The second kappa shape index (κ2) is 14.0. The van der Waals surface area contributed by atoms with E-state index < -0.39 is 28.5 Å². The maximum atomic E-state index is 14.1. The third-order valence-electron chi connectivity index (χ3n) is 6.31. The first-order valence-electron chi connectivity index (χ1n) is 12.9. The zero-order valence-corrected chi connectivity index (χ0v) is 25.4. The Hall–Kier alpha value is -3.07. The van der Waals surface area contributed by atoms with Gasteiger partial charge >= 0.3 is 0 Å². The van der Waals surface area contributed by atoms with Crippen LogP contribution in [-0.2, 0) is 32.6 Å². The number of amides is 2. The highest BCUT2D eigenvalue weighted by Crippen LogP contribution is 2.28. The largest absolute Gasteiger partial charge is 0.354 e. The standard InChI is InChI=1S/C30H35Cl2N3O4S/c1-21(2)18-33-30(37)28(17-23-11-6-5-7-12-23)34(19-25-26(31)14-9-15-27(25)32)29(36)20-35(40(4,38)39)24-13-8-10-22(3)16-24/h5-16,21,28H,17-20H2,1-4H3,(H,33,37)/t28-/m0/s1. The van der Waals surface area contributed by atoms with Crippen LogP contribution in [0.4, 0.5) is 5.69 Å². The summed E-state index contributed by atoms with van der Waals surface area (Å²) in [5.74, 6) is -0.732. The Morgan fingerprint density at radius 1 is 0.925 bits per heavy atom. The Labute approximate surface area is 247 Å². The van der Waals surface area contributed by atoms with Crippen molar-refractivity contribution in [3.05, 3.63) is 99.5 Å². The molecule has 0 aliphatic rings. The number of nitrogens with one attached hydrogen (secondary N) is 1. The van der Waals surface area contributed by atoms with Crippen LogP contribution in [0.25, 0.3) is 0 Å². The third kappa shape index (κ3) is 8.71. The van der Waals surface area contributed by atoms with E-state index in [1.807, 2.05) is 57.2 Å². The van der Waals surface area contributed by atoms with Crippen molar-refractivity contribution in [2.75, 3.05) is 23.7 Å². The highest BCUT2D eigenvalue weighted by Gasteiger charge is 2.33. The van der Waals surface area contributed by atoms with Gasteiger partial charge in [-0.15, -0.1) is 0 Å². The molecule has 3 aromatic carbocycles. The van der Waals surface area contributed by atoms with Crippen LogP contribution in [0.2, 0.25) is 10.0 Å². The van der Waals surface area contributed by atoms with Crippen LogP contribution in [0, 0.1) is 12.8 Å². The summed E-state index contributed by atoms with van der Waals surface area (Å²) in [6.45, 7) is 5.61. The summed E-state index contributed by atoms with van der Waals surface area (Å²) < 4.78 is 26.8. The lowest BCUT2D eigenvalue weighted by molar-refractivity contribution is -0.140. The van der Waals surface area contributed by atoms with E-state index in [0.29, 0.717) is 27.8 Å². The minimum absolute atomic E-state index is 0.0879. The summed E-state index contributed by atoms with van der Waals surface area (Å²) in [6.07, 6.45) is 1.26. The average Bonchev–Trinajstić information content (AvgIpc) is 2.89. The summed E-state index contributed by atoms with van der Waals surface area (Å²) >= 11 is 13.0. The van der Waals surface area contributed by atoms with E-state index >= 15 is 0 Å². The maximum Gasteiger partial charge on any atom is 0.244 e. The van der Waals surface area contributed by atoms with Gasteiger partial charge in [-0.25, -0.2) is 8.42 Å². The number of halogens is 2. The van der Waals surface area contributed by atoms with Crippen molar-refractivity contribution in [3.8, 4) is 0 Å². The highest BCUT2D eigenvalue weighted by molar-refractivity contribution is 7.92. The van der Waals surface area contributed by atoms with Crippen LogP contribution in [0.3, 0.4) is 0 Å². The predicted octanol–water partition coefficient (Wildman–Crippen LogP) is 5.48. The number of nitrogens with zero attached hydrogens (tertiary/aromatic N) is 2. The van der Waals surface area contributed by atoms with Gasteiger partial charge in [-0.3, -0.25) is 13.9 Å². The molecule has 0 unspecified atom stereocenters. The first-order valence-corrected chi connectivity index (χ1v) is 15.6.